The van der Waals surface area contributed by atoms with Gasteiger partial charge in [0.2, 0.25) is 0 Å². The molecule has 5 unspecified atom stereocenters. The molecule has 0 saturated carbocycles. The Hall–Kier alpha value is -3.99. The first-order valence-corrected chi connectivity index (χ1v) is 20.6. The van der Waals surface area contributed by atoms with Gasteiger partial charge in [-0.3, -0.25) is 13.7 Å². The summed E-state index contributed by atoms with van der Waals surface area (Å²) >= 11 is 11.9. The minimum absolute atomic E-state index is 0. The van der Waals surface area contributed by atoms with Crippen LogP contribution in [0, 0.1) is 0 Å². The van der Waals surface area contributed by atoms with Gasteiger partial charge in [0.15, 0.2) is 55.7 Å². The summed E-state index contributed by atoms with van der Waals surface area (Å²) in [6.07, 6.45) is 0.306. The maximum absolute atomic E-state index is 11.7. The maximum atomic E-state index is 11.7. The minimum atomic E-state index is -0.740. The minimum Gasteiger partial charge on any atom is -1.00 e. The molecule has 0 aliphatic carbocycles. The number of nitrogens with zero attached hydrogens (tertiary/aromatic N) is 6. The van der Waals surface area contributed by atoms with Crippen LogP contribution in [0.15, 0.2) is 51.2 Å². The second-order valence-electron chi connectivity index (χ2n) is 13.2. The summed E-state index contributed by atoms with van der Waals surface area (Å²) in [5, 5.41) is 0. The van der Waals surface area contributed by atoms with E-state index >= 15 is 0 Å². The van der Waals surface area contributed by atoms with Gasteiger partial charge < -0.3 is 114 Å². The molecule has 6 heterocycles. The van der Waals surface area contributed by atoms with E-state index < -0.39 is 90.7 Å². The molecule has 0 radical (unpaired) electrons. The molecule has 0 spiro atoms. The maximum Gasteiger partial charge on any atom is 0.365 e. The first-order chi connectivity index (χ1) is 30.0. The van der Waals surface area contributed by atoms with Gasteiger partial charge in [0.1, 0.15) is 37.3 Å². The highest BCUT2D eigenvalue weighted by Crippen LogP contribution is 2.22. The Kier molecular flexibility index (Phi) is 27.0. The molecule has 6 rings (SSSR count). The molecule has 3 saturated heterocycles. The summed E-state index contributed by atoms with van der Waals surface area (Å²) in [5.74, 6) is -0.163. The van der Waals surface area contributed by atoms with E-state index in [4.69, 9.17) is 59.8 Å². The molecule has 3 aliphatic heterocycles. The average Bonchev–Trinajstić information content (AvgIpc) is 4.06. The van der Waals surface area contributed by atoms with Crippen LogP contribution < -0.4 is 88.7 Å². The number of thiol groups is 3. The van der Waals surface area contributed by atoms with E-state index in [-0.39, 0.29) is 94.3 Å². The lowest BCUT2D eigenvalue weighted by Crippen LogP contribution is -3.00. The number of rotatable bonds is 15. The van der Waals surface area contributed by atoms with E-state index in [1.807, 2.05) is 0 Å². The predicted molar refractivity (Wildman–Crippen MR) is 223 cm³/mol. The molecule has 3 aromatic heterocycles. The summed E-state index contributed by atoms with van der Waals surface area (Å²) in [6, 6.07) is 2.81. The van der Waals surface area contributed by atoms with Crippen LogP contribution in [0.1, 0.15) is 18.7 Å². The number of aromatic nitrogens is 6. The van der Waals surface area contributed by atoms with E-state index in [2.05, 4.69) is 70.0 Å². The molecular formula is C33H51Cl3N12O15S3. The van der Waals surface area contributed by atoms with E-state index in [0.29, 0.717) is 17.3 Å². The zero-order chi connectivity index (χ0) is 46.2. The Balaban J connectivity index is 0.000000484. The van der Waals surface area contributed by atoms with Crippen molar-refractivity contribution in [2.75, 3.05) is 74.1 Å². The van der Waals surface area contributed by atoms with Crippen molar-refractivity contribution in [3.63, 3.8) is 0 Å². The van der Waals surface area contributed by atoms with Gasteiger partial charge in [-0.15, -0.1) is 0 Å². The van der Waals surface area contributed by atoms with E-state index in [1.165, 1.54) is 50.5 Å². The molecule has 372 valence electrons. The standard InChI is InChI=1S/3C11H16N4O5S.3ClH/c3*12-6(5-21)10(16)19-4-9-18-3-8(20-9)15-2-1-7(13)14-11(15)17;;;/h3*1-2,6,8-9,21H,3-5,12H2,(H2,13,14,17);3*1H/t2*6?,8-,9-;;;;/m10..../s1. The number of carbonyl (C=O) groups excluding carboxylic acids is 3. The summed E-state index contributed by atoms with van der Waals surface area (Å²) in [4.78, 5) is 80.1. The monoisotopic (exact) mass is 1060 g/mol. The average molecular weight is 1060 g/mol. The summed E-state index contributed by atoms with van der Waals surface area (Å²) in [5.41, 5.74) is 25.4. The summed E-state index contributed by atoms with van der Waals surface area (Å²) in [6.45, 7) is 0.209. The highest BCUT2D eigenvalue weighted by atomic mass is 35.5. The molecule has 33 heteroatoms. The van der Waals surface area contributed by atoms with Crippen LogP contribution in [0.2, 0.25) is 0 Å². The van der Waals surface area contributed by atoms with Gasteiger partial charge in [-0.25, -0.2) is 28.8 Å². The smallest absolute Gasteiger partial charge is 0.365 e. The van der Waals surface area contributed by atoms with Gasteiger partial charge in [-0.05, 0) is 18.2 Å². The number of nitrogens with two attached hydrogens (primary N) is 3. The molecule has 9 atom stereocenters. The lowest BCUT2D eigenvalue weighted by atomic mass is 10.4. The Labute approximate surface area is 409 Å². The lowest BCUT2D eigenvalue weighted by molar-refractivity contribution is -0.401. The number of ether oxygens (including phenoxy) is 9. The van der Waals surface area contributed by atoms with Gasteiger partial charge in [-0.2, -0.15) is 52.8 Å². The Morgan fingerprint density at radius 2 is 0.803 bits per heavy atom. The molecule has 0 bridgehead atoms. The Morgan fingerprint density at radius 1 is 0.561 bits per heavy atom. The molecule has 3 aliphatic rings. The number of carbonyl (C=O) groups is 3. The first kappa shape index (κ1) is 60.0. The number of hydrogen-bond donors (Lipinski definition) is 9. The Bertz CT molecular complexity index is 1950. The van der Waals surface area contributed by atoms with E-state index in [0.717, 1.165) is 0 Å². The molecule has 0 aromatic carbocycles. The Morgan fingerprint density at radius 3 is 1.02 bits per heavy atom. The van der Waals surface area contributed by atoms with Crippen molar-refractivity contribution in [3.05, 3.63) is 68.2 Å². The van der Waals surface area contributed by atoms with Gasteiger partial charge in [-0.1, -0.05) is 0 Å². The highest BCUT2D eigenvalue weighted by Gasteiger charge is 2.33. The number of esters is 3. The third kappa shape index (κ3) is 18.2. The van der Waals surface area contributed by atoms with Crippen LogP contribution in [0.3, 0.4) is 0 Å². The molecular weight excluding hydrogens is 1010 g/mol. The van der Waals surface area contributed by atoms with E-state index in [9.17, 15) is 28.8 Å². The molecule has 3 aromatic rings. The second-order valence-corrected chi connectivity index (χ2v) is 14.3. The van der Waals surface area contributed by atoms with Crippen molar-refractivity contribution in [2.24, 2.45) is 0 Å². The largest absolute Gasteiger partial charge is 1.00 e. The van der Waals surface area contributed by atoms with Crippen molar-refractivity contribution in [1.82, 2.24) is 28.7 Å². The molecule has 66 heavy (non-hydrogen) atoms. The lowest BCUT2D eigenvalue weighted by Gasteiger charge is -2.14. The molecule has 15 N–H and O–H groups in total. The second kappa shape index (κ2) is 29.7. The topological polar surface area (TPSA) is 400 Å². The van der Waals surface area contributed by atoms with Crippen LogP contribution in [0.4, 0.5) is 17.5 Å². The molecule has 3 fully saturated rings. The number of nitrogen functional groups attached to an aromatic ring is 3. The zero-order valence-corrected chi connectivity index (χ0v) is 39.6. The number of quaternary nitrogens is 3. The molecule has 0 amide bonds. The van der Waals surface area contributed by atoms with Crippen LogP contribution in [0.5, 0.6) is 0 Å². The van der Waals surface area contributed by atoms with Crippen LogP contribution in [-0.2, 0) is 57.0 Å². The fourth-order valence-electron chi connectivity index (χ4n) is 4.99. The van der Waals surface area contributed by atoms with Crippen LogP contribution in [-0.4, -0.2) is 140 Å². The van der Waals surface area contributed by atoms with Gasteiger partial charge in [0.25, 0.3) is 0 Å². The van der Waals surface area contributed by atoms with Crippen molar-refractivity contribution in [3.8, 4) is 0 Å². The number of hydrogen-bond acceptors (Lipinski definition) is 24. The van der Waals surface area contributed by atoms with Crippen molar-refractivity contribution < 1.29 is 111 Å². The van der Waals surface area contributed by atoms with E-state index in [1.54, 1.807) is 0 Å². The third-order valence-corrected chi connectivity index (χ3v) is 9.75. The van der Waals surface area contributed by atoms with Crippen molar-refractivity contribution >= 4 is 73.2 Å². The zero-order valence-electron chi connectivity index (χ0n) is 34.7. The fraction of sp³-hybridized carbons (Fsp3) is 0.545. The van der Waals surface area contributed by atoms with Crippen molar-refractivity contribution in [1.29, 1.82) is 0 Å². The van der Waals surface area contributed by atoms with Gasteiger partial charge in [0, 0.05) is 18.6 Å². The predicted octanol–water partition coefficient (Wildman–Crippen LogP) is -15.6. The summed E-state index contributed by atoms with van der Waals surface area (Å²) < 4.78 is 51.1. The van der Waals surface area contributed by atoms with Gasteiger partial charge in [0.05, 0.1) is 37.1 Å². The van der Waals surface area contributed by atoms with Crippen LogP contribution in [0.25, 0.3) is 0 Å². The third-order valence-electron chi connectivity index (χ3n) is 8.43. The quantitative estimate of drug-likeness (QED) is 0.0388. The first-order valence-electron chi connectivity index (χ1n) is 18.7. The fourth-order valence-corrected chi connectivity index (χ4v) is 5.44. The normalized spacial score (nSPS) is 21.9. The number of halogens is 3. The highest BCUT2D eigenvalue weighted by molar-refractivity contribution is 7.80. The molecule has 27 nitrogen and oxygen atoms in total. The van der Waals surface area contributed by atoms with Crippen molar-refractivity contribution in [2.45, 2.75) is 55.7 Å². The summed E-state index contributed by atoms with van der Waals surface area (Å²) in [7, 11) is 0. The number of anilines is 3. The van der Waals surface area contributed by atoms with Gasteiger partial charge >= 0.3 is 35.0 Å². The van der Waals surface area contributed by atoms with Crippen LogP contribution >= 0.6 is 37.9 Å². The SMILES string of the molecule is Nc1ccn(C2COC(COC(=O)C([NH3+])CS)O2)c(=O)n1.Nc1ccn([C@@H]2CO[C@H](COC(=O)C([NH3+])CS)O2)c(=O)n1.Nc1ccn([C@H]2CO[C@@H](COC(=O)C([NH3+])CS)O2)c(=O)n1.[Cl-].[Cl-].[Cl-].